The first-order valence-corrected chi connectivity index (χ1v) is 12.3. The third-order valence-electron chi connectivity index (χ3n) is 5.65. The van der Waals surface area contributed by atoms with Gasteiger partial charge in [0, 0.05) is 24.0 Å². The molecule has 2 amide bonds. The number of carbonyl (C=O) groups is 2. The number of pyridine rings is 2. The molecule has 0 fully saturated rings. The Bertz CT molecular complexity index is 1360. The van der Waals surface area contributed by atoms with Crippen LogP contribution in [0, 0.1) is 13.8 Å². The standard InChI is InChI=1S/C28H35N5O5/c1-18-12-13-33(30-16-20-8-7-9-22(14-20)37-6)26(35)23(18)15-25(34)29-17-21-10-11-24(31-19(21)2)32-27(36)38-28(3,4)5/h7-14,30H,15-17H2,1-6H3,(H,29,34)(H,31,32,36). The Labute approximate surface area is 222 Å². The van der Waals surface area contributed by atoms with Gasteiger partial charge in [0.15, 0.2) is 0 Å². The molecule has 0 atom stereocenters. The van der Waals surface area contributed by atoms with Crippen molar-refractivity contribution < 1.29 is 19.1 Å². The Balaban J connectivity index is 1.60. The van der Waals surface area contributed by atoms with E-state index in [-0.39, 0.29) is 24.4 Å². The fourth-order valence-electron chi connectivity index (χ4n) is 3.64. The van der Waals surface area contributed by atoms with E-state index in [2.05, 4.69) is 21.0 Å². The molecule has 10 nitrogen and oxygen atoms in total. The smallest absolute Gasteiger partial charge is 0.413 e. The van der Waals surface area contributed by atoms with E-state index in [1.165, 1.54) is 4.68 Å². The Morgan fingerprint density at radius 2 is 1.82 bits per heavy atom. The molecular formula is C28H35N5O5. The number of benzene rings is 1. The average Bonchev–Trinajstić information content (AvgIpc) is 2.84. The van der Waals surface area contributed by atoms with Crippen LogP contribution in [0.1, 0.15) is 48.7 Å². The van der Waals surface area contributed by atoms with E-state index in [9.17, 15) is 14.4 Å². The Hall–Kier alpha value is -4.34. The van der Waals surface area contributed by atoms with Crippen LogP contribution in [0.4, 0.5) is 10.6 Å². The van der Waals surface area contributed by atoms with Crippen LogP contribution in [0.3, 0.4) is 0 Å². The largest absolute Gasteiger partial charge is 0.497 e. The molecule has 2 heterocycles. The second-order valence-corrected chi connectivity index (χ2v) is 9.86. The van der Waals surface area contributed by atoms with E-state index in [1.54, 1.807) is 66.1 Å². The molecule has 0 radical (unpaired) electrons. The van der Waals surface area contributed by atoms with E-state index in [4.69, 9.17) is 9.47 Å². The van der Waals surface area contributed by atoms with E-state index in [0.717, 1.165) is 22.4 Å². The number of amides is 2. The van der Waals surface area contributed by atoms with Crippen molar-refractivity contribution in [2.75, 3.05) is 17.9 Å². The molecule has 38 heavy (non-hydrogen) atoms. The lowest BCUT2D eigenvalue weighted by Gasteiger charge is -2.19. The van der Waals surface area contributed by atoms with Crippen LogP contribution < -0.4 is 26.4 Å². The minimum atomic E-state index is -0.615. The lowest BCUT2D eigenvalue weighted by atomic mass is 10.1. The third kappa shape index (κ3) is 8.09. The number of methoxy groups -OCH3 is 1. The summed E-state index contributed by atoms with van der Waals surface area (Å²) in [5.74, 6) is 0.803. The van der Waals surface area contributed by atoms with E-state index in [1.807, 2.05) is 24.3 Å². The summed E-state index contributed by atoms with van der Waals surface area (Å²) in [6.07, 6.45) is 1.01. The van der Waals surface area contributed by atoms with Crippen molar-refractivity contribution in [3.05, 3.63) is 87.0 Å². The first-order valence-electron chi connectivity index (χ1n) is 12.3. The number of ether oxygens (including phenoxy) is 2. The molecule has 1 aromatic carbocycles. The number of hydrogen-bond donors (Lipinski definition) is 3. The summed E-state index contributed by atoms with van der Waals surface area (Å²) in [5.41, 5.74) is 5.73. The first kappa shape index (κ1) is 28.2. The summed E-state index contributed by atoms with van der Waals surface area (Å²) in [6, 6.07) is 12.8. The van der Waals surface area contributed by atoms with Gasteiger partial charge in [0.2, 0.25) is 5.91 Å². The molecule has 3 aromatic rings. The summed E-state index contributed by atoms with van der Waals surface area (Å²) < 4.78 is 11.9. The van der Waals surface area contributed by atoms with Gasteiger partial charge < -0.3 is 20.2 Å². The number of nitrogens with zero attached hydrogens (tertiary/aromatic N) is 2. The molecule has 0 unspecified atom stereocenters. The molecule has 0 bridgehead atoms. The summed E-state index contributed by atoms with van der Waals surface area (Å²) in [6.45, 7) is 9.58. The van der Waals surface area contributed by atoms with Gasteiger partial charge in [0.1, 0.15) is 17.2 Å². The van der Waals surface area contributed by atoms with Gasteiger partial charge in [-0.2, -0.15) is 0 Å². The zero-order valence-corrected chi connectivity index (χ0v) is 22.7. The maximum atomic E-state index is 13.1. The topological polar surface area (TPSA) is 124 Å². The molecule has 0 saturated carbocycles. The zero-order valence-electron chi connectivity index (χ0n) is 22.7. The van der Waals surface area contributed by atoms with Crippen molar-refractivity contribution in [1.29, 1.82) is 0 Å². The molecule has 202 valence electrons. The van der Waals surface area contributed by atoms with Crippen LogP contribution in [0.5, 0.6) is 5.75 Å². The lowest BCUT2D eigenvalue weighted by molar-refractivity contribution is -0.120. The van der Waals surface area contributed by atoms with E-state index in [0.29, 0.717) is 23.6 Å². The SMILES string of the molecule is COc1cccc(CNn2ccc(C)c(CC(=O)NCc3ccc(NC(=O)OC(C)(C)C)nc3C)c2=O)c1. The monoisotopic (exact) mass is 521 g/mol. The highest BCUT2D eigenvalue weighted by Gasteiger charge is 2.17. The number of hydrogen-bond acceptors (Lipinski definition) is 7. The molecular weight excluding hydrogens is 486 g/mol. The van der Waals surface area contributed by atoms with Crippen molar-refractivity contribution in [2.45, 2.75) is 59.7 Å². The number of aryl methyl sites for hydroxylation is 2. The van der Waals surface area contributed by atoms with Gasteiger partial charge in [-0.1, -0.05) is 18.2 Å². The van der Waals surface area contributed by atoms with Gasteiger partial charge >= 0.3 is 6.09 Å². The molecule has 3 rings (SSSR count). The quantitative estimate of drug-likeness (QED) is 0.391. The first-order chi connectivity index (χ1) is 17.9. The Morgan fingerprint density at radius 1 is 1.05 bits per heavy atom. The second-order valence-electron chi connectivity index (χ2n) is 9.86. The molecule has 0 spiro atoms. The predicted molar refractivity (Wildman–Crippen MR) is 146 cm³/mol. The third-order valence-corrected chi connectivity index (χ3v) is 5.65. The normalized spacial score (nSPS) is 11.0. The Kier molecular flexibility index (Phi) is 9.11. The van der Waals surface area contributed by atoms with Crippen molar-refractivity contribution in [1.82, 2.24) is 15.0 Å². The van der Waals surface area contributed by atoms with Crippen molar-refractivity contribution in [3.8, 4) is 5.75 Å². The minimum Gasteiger partial charge on any atom is -0.497 e. The maximum Gasteiger partial charge on any atom is 0.413 e. The predicted octanol–water partition coefficient (Wildman–Crippen LogP) is 3.82. The van der Waals surface area contributed by atoms with Crippen LogP contribution in [0.15, 0.2) is 53.5 Å². The molecule has 3 N–H and O–H groups in total. The van der Waals surface area contributed by atoms with Gasteiger partial charge in [0.25, 0.3) is 5.56 Å². The van der Waals surface area contributed by atoms with Crippen molar-refractivity contribution in [3.63, 3.8) is 0 Å². The van der Waals surface area contributed by atoms with Gasteiger partial charge in [-0.05, 0) is 75.6 Å². The molecule has 0 aliphatic heterocycles. The minimum absolute atomic E-state index is 0.0584. The summed E-state index contributed by atoms with van der Waals surface area (Å²) in [7, 11) is 1.60. The summed E-state index contributed by atoms with van der Waals surface area (Å²) in [5, 5.41) is 5.45. The zero-order chi connectivity index (χ0) is 27.9. The number of aromatic nitrogens is 2. The molecule has 2 aromatic heterocycles. The van der Waals surface area contributed by atoms with Crippen molar-refractivity contribution >= 4 is 17.8 Å². The highest BCUT2D eigenvalue weighted by atomic mass is 16.6. The average molecular weight is 522 g/mol. The van der Waals surface area contributed by atoms with Crippen LogP contribution in [-0.4, -0.2) is 34.4 Å². The number of anilines is 1. The number of rotatable bonds is 9. The van der Waals surface area contributed by atoms with Crippen molar-refractivity contribution in [2.24, 2.45) is 0 Å². The molecule has 0 aliphatic rings. The fourth-order valence-corrected chi connectivity index (χ4v) is 3.64. The second kappa shape index (κ2) is 12.3. The van der Waals surface area contributed by atoms with E-state index >= 15 is 0 Å². The number of carbonyl (C=O) groups excluding carboxylic acids is 2. The summed E-state index contributed by atoms with van der Waals surface area (Å²) >= 11 is 0. The van der Waals surface area contributed by atoms with Crippen LogP contribution in [0.25, 0.3) is 0 Å². The fraction of sp³-hybridized carbons (Fsp3) is 0.357. The Morgan fingerprint density at radius 3 is 2.50 bits per heavy atom. The van der Waals surface area contributed by atoms with Crippen LogP contribution in [0.2, 0.25) is 0 Å². The van der Waals surface area contributed by atoms with Gasteiger partial charge in [-0.25, -0.2) is 14.5 Å². The maximum absolute atomic E-state index is 13.1. The molecule has 0 aliphatic carbocycles. The van der Waals surface area contributed by atoms with Crippen LogP contribution >= 0.6 is 0 Å². The van der Waals surface area contributed by atoms with Gasteiger partial charge in [-0.15, -0.1) is 0 Å². The molecule has 0 saturated heterocycles. The van der Waals surface area contributed by atoms with Gasteiger partial charge in [-0.3, -0.25) is 14.9 Å². The molecule has 10 heteroatoms. The highest BCUT2D eigenvalue weighted by molar-refractivity contribution is 5.83. The number of nitrogens with one attached hydrogen (secondary N) is 3. The lowest BCUT2D eigenvalue weighted by Crippen LogP contribution is -2.34. The summed E-state index contributed by atoms with van der Waals surface area (Å²) in [4.78, 5) is 42.1. The van der Waals surface area contributed by atoms with Crippen LogP contribution in [-0.2, 0) is 29.0 Å². The highest BCUT2D eigenvalue weighted by Crippen LogP contribution is 2.14. The van der Waals surface area contributed by atoms with E-state index < -0.39 is 11.7 Å². The van der Waals surface area contributed by atoms with Gasteiger partial charge in [0.05, 0.1) is 20.1 Å².